The number of halogens is 1. The zero-order valence-corrected chi connectivity index (χ0v) is 17.3. The van der Waals surface area contributed by atoms with E-state index >= 15 is 0 Å². The first-order chi connectivity index (χ1) is 14.6. The minimum absolute atomic E-state index is 0.131. The van der Waals surface area contributed by atoms with Crippen LogP contribution in [0.25, 0.3) is 11.3 Å². The molecule has 150 valence electrons. The molecule has 0 aliphatic heterocycles. The Balaban J connectivity index is 1.64. The van der Waals surface area contributed by atoms with E-state index in [0.717, 1.165) is 22.4 Å². The fourth-order valence-corrected chi connectivity index (χ4v) is 3.51. The zero-order valence-electron chi connectivity index (χ0n) is 16.6. The lowest BCUT2D eigenvalue weighted by atomic mass is 10.1. The number of carbonyl (C=O) groups excluding carboxylic acids is 1. The van der Waals surface area contributed by atoms with Gasteiger partial charge in [-0.25, -0.2) is 0 Å². The second-order valence-corrected chi connectivity index (χ2v) is 7.44. The van der Waals surface area contributed by atoms with Gasteiger partial charge in [0.05, 0.1) is 12.2 Å². The van der Waals surface area contributed by atoms with Gasteiger partial charge in [-0.05, 0) is 23.8 Å². The minimum Gasteiger partial charge on any atom is -0.336 e. The third-order valence-electron chi connectivity index (χ3n) is 4.81. The average molecular weight is 417 g/mol. The molecule has 0 unspecified atom stereocenters. The van der Waals surface area contributed by atoms with Gasteiger partial charge in [0, 0.05) is 42.1 Å². The van der Waals surface area contributed by atoms with Crippen LogP contribution in [0.15, 0.2) is 85.2 Å². The quantitative estimate of drug-likeness (QED) is 0.448. The van der Waals surface area contributed by atoms with Crippen molar-refractivity contribution in [3.8, 4) is 11.3 Å². The van der Waals surface area contributed by atoms with Gasteiger partial charge in [0.25, 0.3) is 5.91 Å². The number of nitrogens with zero attached hydrogens (tertiary/aromatic N) is 4. The maximum absolute atomic E-state index is 12.8. The summed E-state index contributed by atoms with van der Waals surface area (Å²) in [5.74, 6) is -0.131. The first-order valence-electron chi connectivity index (χ1n) is 9.63. The highest BCUT2D eigenvalue weighted by Crippen LogP contribution is 2.25. The minimum atomic E-state index is -0.131. The van der Waals surface area contributed by atoms with Crippen LogP contribution < -0.4 is 0 Å². The summed E-state index contributed by atoms with van der Waals surface area (Å²) >= 11 is 6.33. The van der Waals surface area contributed by atoms with Crippen LogP contribution in [0.5, 0.6) is 0 Å². The molecular weight excluding hydrogens is 396 g/mol. The SMILES string of the molecule is CN(Cc1cn(Cc2ccccc2Cl)nc1-c1ccccc1)C(=O)c1ccccn1. The van der Waals surface area contributed by atoms with Crippen molar-refractivity contribution in [3.05, 3.63) is 107 Å². The summed E-state index contributed by atoms with van der Waals surface area (Å²) in [6.07, 6.45) is 3.60. The van der Waals surface area contributed by atoms with Crippen LogP contribution in [0.1, 0.15) is 21.6 Å². The summed E-state index contributed by atoms with van der Waals surface area (Å²) in [6.45, 7) is 0.972. The van der Waals surface area contributed by atoms with Crippen LogP contribution >= 0.6 is 11.6 Å². The molecule has 2 heterocycles. The molecule has 0 aliphatic rings. The lowest BCUT2D eigenvalue weighted by Gasteiger charge is -2.16. The molecule has 0 spiro atoms. The molecule has 0 aliphatic carbocycles. The van der Waals surface area contributed by atoms with E-state index in [1.165, 1.54) is 0 Å². The first kappa shape index (κ1) is 19.9. The molecule has 4 rings (SSSR count). The van der Waals surface area contributed by atoms with E-state index in [9.17, 15) is 4.79 Å². The Labute approximate surface area is 180 Å². The van der Waals surface area contributed by atoms with E-state index in [1.54, 1.807) is 30.3 Å². The van der Waals surface area contributed by atoms with Crippen LogP contribution in [0.3, 0.4) is 0 Å². The smallest absolute Gasteiger partial charge is 0.272 e. The standard InChI is InChI=1S/C24H21ClN4O/c1-28(24(30)22-13-7-8-14-26-22)15-20-17-29(16-19-11-5-6-12-21(19)25)27-23(20)18-9-3-2-4-10-18/h2-14,17H,15-16H2,1H3. The van der Waals surface area contributed by atoms with Crippen molar-refractivity contribution in [2.24, 2.45) is 0 Å². The molecule has 0 atom stereocenters. The summed E-state index contributed by atoms with van der Waals surface area (Å²) in [6, 6.07) is 23.0. The molecule has 2 aromatic carbocycles. The van der Waals surface area contributed by atoms with Crippen LogP contribution in [-0.4, -0.2) is 32.6 Å². The third-order valence-corrected chi connectivity index (χ3v) is 5.18. The molecular formula is C24H21ClN4O. The van der Waals surface area contributed by atoms with Gasteiger partial charge in [-0.2, -0.15) is 5.10 Å². The fourth-order valence-electron chi connectivity index (χ4n) is 3.31. The number of benzene rings is 2. The first-order valence-corrected chi connectivity index (χ1v) is 10.0. The van der Waals surface area contributed by atoms with E-state index in [2.05, 4.69) is 4.98 Å². The Hall–Kier alpha value is -3.44. The van der Waals surface area contributed by atoms with E-state index in [0.29, 0.717) is 23.8 Å². The van der Waals surface area contributed by atoms with Gasteiger partial charge in [-0.3, -0.25) is 14.5 Å². The number of hydrogen-bond donors (Lipinski definition) is 0. The van der Waals surface area contributed by atoms with Crippen LogP contribution in [-0.2, 0) is 13.1 Å². The van der Waals surface area contributed by atoms with Crippen molar-refractivity contribution in [1.82, 2.24) is 19.7 Å². The lowest BCUT2D eigenvalue weighted by Crippen LogP contribution is -2.27. The van der Waals surface area contributed by atoms with Crippen LogP contribution in [0, 0.1) is 0 Å². The van der Waals surface area contributed by atoms with Crippen molar-refractivity contribution in [2.45, 2.75) is 13.1 Å². The van der Waals surface area contributed by atoms with Gasteiger partial charge < -0.3 is 4.90 Å². The highest BCUT2D eigenvalue weighted by Gasteiger charge is 2.18. The highest BCUT2D eigenvalue weighted by molar-refractivity contribution is 6.31. The maximum Gasteiger partial charge on any atom is 0.272 e. The maximum atomic E-state index is 12.8. The Morgan fingerprint density at radius 2 is 1.70 bits per heavy atom. The van der Waals surface area contributed by atoms with Gasteiger partial charge in [-0.15, -0.1) is 0 Å². The fraction of sp³-hybridized carbons (Fsp3) is 0.125. The predicted molar refractivity (Wildman–Crippen MR) is 118 cm³/mol. The number of amides is 1. The Kier molecular flexibility index (Phi) is 5.91. The number of aromatic nitrogens is 3. The summed E-state index contributed by atoms with van der Waals surface area (Å²) in [5.41, 5.74) is 4.22. The van der Waals surface area contributed by atoms with Crippen LogP contribution in [0.4, 0.5) is 0 Å². The number of pyridine rings is 1. The number of hydrogen-bond acceptors (Lipinski definition) is 3. The number of rotatable bonds is 6. The van der Waals surface area contributed by atoms with Crippen LogP contribution in [0.2, 0.25) is 5.02 Å². The summed E-state index contributed by atoms with van der Waals surface area (Å²) in [7, 11) is 1.77. The van der Waals surface area contributed by atoms with Crippen molar-refractivity contribution in [1.29, 1.82) is 0 Å². The second kappa shape index (κ2) is 8.93. The lowest BCUT2D eigenvalue weighted by molar-refractivity contribution is 0.0779. The number of carbonyl (C=O) groups is 1. The molecule has 0 fully saturated rings. The highest BCUT2D eigenvalue weighted by atomic mass is 35.5. The van der Waals surface area contributed by atoms with Crippen molar-refractivity contribution in [2.75, 3.05) is 7.05 Å². The molecule has 0 radical (unpaired) electrons. The summed E-state index contributed by atoms with van der Waals surface area (Å²) in [5, 5.41) is 5.51. The van der Waals surface area contributed by atoms with Gasteiger partial charge >= 0.3 is 0 Å². The molecule has 1 amide bonds. The summed E-state index contributed by atoms with van der Waals surface area (Å²) < 4.78 is 1.87. The van der Waals surface area contributed by atoms with E-state index in [-0.39, 0.29) is 5.91 Å². The summed E-state index contributed by atoms with van der Waals surface area (Å²) in [4.78, 5) is 18.6. The van der Waals surface area contributed by atoms with Gasteiger partial charge in [-0.1, -0.05) is 66.2 Å². The third kappa shape index (κ3) is 4.42. The van der Waals surface area contributed by atoms with Gasteiger partial charge in [0.2, 0.25) is 0 Å². The molecule has 2 aromatic heterocycles. The molecule has 4 aromatic rings. The topological polar surface area (TPSA) is 51.0 Å². The van der Waals surface area contributed by atoms with E-state index in [1.807, 2.05) is 71.5 Å². The molecule has 0 bridgehead atoms. The Bertz CT molecular complexity index is 1140. The van der Waals surface area contributed by atoms with E-state index < -0.39 is 0 Å². The Morgan fingerprint density at radius 1 is 0.967 bits per heavy atom. The van der Waals surface area contributed by atoms with Gasteiger partial charge in [0.1, 0.15) is 5.69 Å². The van der Waals surface area contributed by atoms with Crippen molar-refractivity contribution >= 4 is 17.5 Å². The molecule has 0 saturated heterocycles. The molecule has 0 saturated carbocycles. The van der Waals surface area contributed by atoms with E-state index in [4.69, 9.17) is 16.7 Å². The van der Waals surface area contributed by atoms with Crippen molar-refractivity contribution < 1.29 is 4.79 Å². The molecule has 0 N–H and O–H groups in total. The average Bonchev–Trinajstić information content (AvgIpc) is 3.18. The largest absolute Gasteiger partial charge is 0.336 e. The monoisotopic (exact) mass is 416 g/mol. The normalized spacial score (nSPS) is 10.7. The molecule has 6 heteroatoms. The molecule has 30 heavy (non-hydrogen) atoms. The zero-order chi connectivity index (χ0) is 20.9. The van der Waals surface area contributed by atoms with Gasteiger partial charge in [0.15, 0.2) is 0 Å². The second-order valence-electron chi connectivity index (χ2n) is 7.03. The predicted octanol–water partition coefficient (Wildman–Crippen LogP) is 4.92. The van der Waals surface area contributed by atoms with Crippen molar-refractivity contribution in [3.63, 3.8) is 0 Å². The Morgan fingerprint density at radius 3 is 2.43 bits per heavy atom. The molecule has 5 nitrogen and oxygen atoms in total.